The molecule has 0 heterocycles. The molecular formula is C17H21NO4. The zero-order valence-electron chi connectivity index (χ0n) is 13.0. The highest BCUT2D eigenvalue weighted by atomic mass is 16.5. The quantitative estimate of drug-likeness (QED) is 0.746. The second-order valence-corrected chi connectivity index (χ2v) is 5.26. The summed E-state index contributed by atoms with van der Waals surface area (Å²) in [6, 6.07) is 9.67. The molecule has 1 unspecified atom stereocenters. The third-order valence-corrected chi connectivity index (χ3v) is 3.61. The summed E-state index contributed by atoms with van der Waals surface area (Å²) in [5, 5.41) is 18.6. The number of carboxylic acid groups (broad SMARTS) is 1. The van der Waals surface area contributed by atoms with Crippen molar-refractivity contribution in [2.24, 2.45) is 0 Å². The first-order valence-corrected chi connectivity index (χ1v) is 7.29. The molecule has 0 bridgehead atoms. The van der Waals surface area contributed by atoms with E-state index in [1.54, 1.807) is 6.92 Å². The van der Waals surface area contributed by atoms with Gasteiger partial charge in [-0.25, -0.2) is 0 Å². The lowest BCUT2D eigenvalue weighted by Gasteiger charge is -2.26. The van der Waals surface area contributed by atoms with Crippen LogP contribution in [0.1, 0.15) is 43.7 Å². The van der Waals surface area contributed by atoms with Crippen molar-refractivity contribution in [3.05, 3.63) is 35.4 Å². The minimum atomic E-state index is -0.989. The number of esters is 1. The van der Waals surface area contributed by atoms with Crippen molar-refractivity contribution < 1.29 is 19.4 Å². The van der Waals surface area contributed by atoms with Gasteiger partial charge in [-0.3, -0.25) is 9.59 Å². The van der Waals surface area contributed by atoms with Gasteiger partial charge in [0, 0.05) is 12.8 Å². The third-order valence-electron chi connectivity index (χ3n) is 3.61. The maximum Gasteiger partial charge on any atom is 0.305 e. The Bertz CT molecular complexity index is 576. The molecule has 0 saturated carbocycles. The molecule has 22 heavy (non-hydrogen) atoms. The SMILES string of the molecule is CCOC(=O)CCC(C#N)(CCC(=O)O)c1cccc(C)c1. The summed E-state index contributed by atoms with van der Waals surface area (Å²) in [6.45, 7) is 3.92. The Labute approximate surface area is 130 Å². The lowest BCUT2D eigenvalue weighted by molar-refractivity contribution is -0.143. The van der Waals surface area contributed by atoms with Gasteiger partial charge in [-0.15, -0.1) is 0 Å². The predicted molar refractivity (Wildman–Crippen MR) is 81.2 cm³/mol. The molecule has 0 spiro atoms. The minimum absolute atomic E-state index is 0.0922. The van der Waals surface area contributed by atoms with Crippen molar-refractivity contribution >= 4 is 11.9 Å². The molecule has 0 amide bonds. The van der Waals surface area contributed by atoms with Crippen LogP contribution in [0.4, 0.5) is 0 Å². The van der Waals surface area contributed by atoms with Crippen LogP contribution in [-0.2, 0) is 19.7 Å². The first kappa shape index (κ1) is 17.7. The Kier molecular flexibility index (Phi) is 6.58. The molecule has 1 aromatic carbocycles. The van der Waals surface area contributed by atoms with Crippen molar-refractivity contribution in [2.45, 2.75) is 44.9 Å². The fourth-order valence-corrected chi connectivity index (χ4v) is 2.40. The van der Waals surface area contributed by atoms with E-state index in [4.69, 9.17) is 9.84 Å². The van der Waals surface area contributed by atoms with Gasteiger partial charge in [0.15, 0.2) is 0 Å². The molecule has 1 atom stereocenters. The van der Waals surface area contributed by atoms with Crippen molar-refractivity contribution in [1.82, 2.24) is 0 Å². The molecule has 1 rings (SSSR count). The number of benzene rings is 1. The molecule has 0 aromatic heterocycles. The molecule has 0 radical (unpaired) electrons. The van der Waals surface area contributed by atoms with Gasteiger partial charge in [0.2, 0.25) is 0 Å². The van der Waals surface area contributed by atoms with Gasteiger partial charge in [0.25, 0.3) is 0 Å². The van der Waals surface area contributed by atoms with E-state index in [-0.39, 0.29) is 38.3 Å². The third kappa shape index (κ3) is 4.88. The first-order chi connectivity index (χ1) is 10.4. The molecule has 0 aliphatic carbocycles. The first-order valence-electron chi connectivity index (χ1n) is 7.29. The predicted octanol–water partition coefficient (Wildman–Crippen LogP) is 2.96. The van der Waals surface area contributed by atoms with Gasteiger partial charge >= 0.3 is 11.9 Å². The van der Waals surface area contributed by atoms with Crippen LogP contribution in [-0.4, -0.2) is 23.7 Å². The van der Waals surface area contributed by atoms with Gasteiger partial charge in [0.1, 0.15) is 0 Å². The number of hydrogen-bond donors (Lipinski definition) is 1. The smallest absolute Gasteiger partial charge is 0.305 e. The van der Waals surface area contributed by atoms with E-state index < -0.39 is 11.4 Å². The zero-order chi connectivity index (χ0) is 16.6. The maximum atomic E-state index is 11.6. The Hall–Kier alpha value is -2.35. The average molecular weight is 303 g/mol. The van der Waals surface area contributed by atoms with Crippen LogP contribution in [0.5, 0.6) is 0 Å². The summed E-state index contributed by atoms with van der Waals surface area (Å²) in [5.74, 6) is -1.33. The standard InChI is InChI=1S/C17H21NO4/c1-3-22-16(21)8-10-17(12-18,9-7-15(19)20)14-6-4-5-13(2)11-14/h4-6,11H,3,7-10H2,1-2H3,(H,19,20). The minimum Gasteiger partial charge on any atom is -0.481 e. The van der Waals surface area contributed by atoms with Crippen LogP contribution in [0.25, 0.3) is 0 Å². The summed E-state index contributed by atoms with van der Waals surface area (Å²) in [7, 11) is 0. The molecule has 5 heteroatoms. The topological polar surface area (TPSA) is 87.4 Å². The van der Waals surface area contributed by atoms with Crippen LogP contribution in [0.3, 0.4) is 0 Å². The van der Waals surface area contributed by atoms with Gasteiger partial charge in [0.05, 0.1) is 18.1 Å². The fraction of sp³-hybridized carbons (Fsp3) is 0.471. The average Bonchev–Trinajstić information content (AvgIpc) is 2.48. The number of nitrogens with zero attached hydrogens (tertiary/aromatic N) is 1. The lowest BCUT2D eigenvalue weighted by atomic mass is 9.74. The van der Waals surface area contributed by atoms with Gasteiger partial charge in [-0.1, -0.05) is 29.8 Å². The summed E-state index contributed by atoms with van der Waals surface area (Å²) >= 11 is 0. The number of carbonyl (C=O) groups is 2. The van der Waals surface area contributed by atoms with Gasteiger partial charge in [-0.2, -0.15) is 5.26 Å². The Morgan fingerprint density at radius 3 is 2.55 bits per heavy atom. The van der Waals surface area contributed by atoms with Crippen molar-refractivity contribution in [1.29, 1.82) is 5.26 Å². The van der Waals surface area contributed by atoms with Crippen molar-refractivity contribution in [3.63, 3.8) is 0 Å². The van der Waals surface area contributed by atoms with Gasteiger partial charge in [-0.05, 0) is 32.3 Å². The van der Waals surface area contributed by atoms with E-state index in [0.29, 0.717) is 0 Å². The van der Waals surface area contributed by atoms with Crippen LogP contribution < -0.4 is 0 Å². The van der Waals surface area contributed by atoms with Crippen LogP contribution in [0.15, 0.2) is 24.3 Å². The van der Waals surface area contributed by atoms with Crippen LogP contribution in [0.2, 0.25) is 0 Å². The van der Waals surface area contributed by atoms with Crippen LogP contribution in [0, 0.1) is 18.3 Å². The molecular weight excluding hydrogens is 282 g/mol. The number of rotatable bonds is 8. The van der Waals surface area contributed by atoms with E-state index in [2.05, 4.69) is 6.07 Å². The number of hydrogen-bond acceptors (Lipinski definition) is 4. The number of aliphatic carboxylic acids is 1. The largest absolute Gasteiger partial charge is 0.481 e. The summed E-state index contributed by atoms with van der Waals surface area (Å²) in [5.41, 5.74) is 0.751. The van der Waals surface area contributed by atoms with E-state index in [0.717, 1.165) is 11.1 Å². The highest BCUT2D eigenvalue weighted by molar-refractivity contribution is 5.70. The molecule has 0 fully saturated rings. The van der Waals surface area contributed by atoms with Crippen molar-refractivity contribution in [3.8, 4) is 6.07 Å². The Morgan fingerprint density at radius 1 is 1.32 bits per heavy atom. The summed E-state index contributed by atoms with van der Waals surface area (Å²) in [6.07, 6.45) is 0.389. The zero-order valence-corrected chi connectivity index (χ0v) is 13.0. The maximum absolute atomic E-state index is 11.6. The number of ether oxygens (including phenoxy) is 1. The van der Waals surface area contributed by atoms with Crippen LogP contribution >= 0.6 is 0 Å². The monoisotopic (exact) mass is 303 g/mol. The molecule has 118 valence electrons. The second-order valence-electron chi connectivity index (χ2n) is 5.26. The molecule has 0 aliphatic heterocycles. The Morgan fingerprint density at radius 2 is 2.00 bits per heavy atom. The number of carboxylic acids is 1. The number of carbonyl (C=O) groups excluding carboxylic acids is 1. The highest BCUT2D eigenvalue weighted by Crippen LogP contribution is 2.34. The molecule has 0 saturated heterocycles. The molecule has 1 aromatic rings. The van der Waals surface area contributed by atoms with Crippen molar-refractivity contribution in [2.75, 3.05) is 6.61 Å². The highest BCUT2D eigenvalue weighted by Gasteiger charge is 2.33. The number of aryl methyl sites for hydroxylation is 1. The molecule has 5 nitrogen and oxygen atoms in total. The van der Waals surface area contributed by atoms with E-state index in [9.17, 15) is 14.9 Å². The number of nitriles is 1. The normalized spacial score (nSPS) is 13.0. The Balaban J connectivity index is 3.04. The lowest BCUT2D eigenvalue weighted by Crippen LogP contribution is -2.27. The fourth-order valence-electron chi connectivity index (χ4n) is 2.40. The van der Waals surface area contributed by atoms with E-state index in [1.165, 1.54) is 0 Å². The van der Waals surface area contributed by atoms with Gasteiger partial charge < -0.3 is 9.84 Å². The summed E-state index contributed by atoms with van der Waals surface area (Å²) in [4.78, 5) is 22.5. The van der Waals surface area contributed by atoms with E-state index in [1.807, 2.05) is 31.2 Å². The second kappa shape index (κ2) is 8.18. The summed E-state index contributed by atoms with van der Waals surface area (Å²) < 4.78 is 4.90. The van der Waals surface area contributed by atoms with E-state index >= 15 is 0 Å². The molecule has 1 N–H and O–H groups in total. The molecule has 0 aliphatic rings.